The number of benzene rings is 5. The summed E-state index contributed by atoms with van der Waals surface area (Å²) in [6.45, 7) is 12.4. The number of rotatable bonds is 19. The van der Waals surface area contributed by atoms with E-state index in [9.17, 15) is 0 Å². The number of nitrogens with zero attached hydrogens (tertiary/aromatic N) is 1. The Morgan fingerprint density at radius 1 is 0.482 bits per heavy atom. The molecule has 0 spiro atoms. The summed E-state index contributed by atoms with van der Waals surface area (Å²) in [4.78, 5) is 0. The lowest BCUT2D eigenvalue weighted by Crippen LogP contribution is -2.25. The highest BCUT2D eigenvalue weighted by atomic mass is 16.5. The molecule has 3 nitrogen and oxygen atoms in total. The molecule has 0 bridgehead atoms. The molecule has 0 N–H and O–H groups in total. The first kappa shape index (κ1) is 39.7. The quantitative estimate of drug-likeness (QED) is 0.0770. The third-order valence-corrected chi connectivity index (χ3v) is 12.9. The van der Waals surface area contributed by atoms with Crippen molar-refractivity contribution in [1.29, 1.82) is 0 Å². The highest BCUT2D eigenvalue weighted by Gasteiger charge is 2.42. The van der Waals surface area contributed by atoms with Crippen LogP contribution >= 0.6 is 0 Å². The summed E-state index contributed by atoms with van der Waals surface area (Å²) in [6, 6.07) is 33.2. The van der Waals surface area contributed by atoms with Crippen LogP contribution in [0.25, 0.3) is 55.2 Å². The topological polar surface area (TPSA) is 23.4 Å². The molecular weight excluding hydrogens is 683 g/mol. The molecule has 1 aliphatic rings. The summed E-state index contributed by atoms with van der Waals surface area (Å²) in [6.07, 6.45) is 17.8. The SMILES string of the molecule is CCCCCCn1c2ccc(-c3ccc4c(c3)C(CCCCCC)(CCCCCC)c3cc(C)ccc3-4)cc2c2cc(-c3cc(C)c(OC)cc3OC)ccc21. The smallest absolute Gasteiger partial charge is 0.130 e. The Hall–Kier alpha value is -4.50. The number of fused-ring (bicyclic) bond motifs is 6. The van der Waals surface area contributed by atoms with Crippen molar-refractivity contribution in [1.82, 2.24) is 4.57 Å². The summed E-state index contributed by atoms with van der Waals surface area (Å²) in [5.41, 5.74) is 16.1. The number of unbranched alkanes of at least 4 members (excludes halogenated alkanes) is 9. The largest absolute Gasteiger partial charge is 0.496 e. The lowest BCUT2D eigenvalue weighted by atomic mass is 9.70. The molecule has 0 saturated carbocycles. The third kappa shape index (κ3) is 7.63. The Morgan fingerprint density at radius 3 is 1.64 bits per heavy atom. The van der Waals surface area contributed by atoms with E-state index in [0.717, 1.165) is 34.7 Å². The standard InChI is InChI=1S/C53H65NO2/c1-8-11-14-17-28-53(29-18-15-12-9-2)47-31-37(4)20-24-42(47)43-25-21-40(35-48(43)53)39-22-26-49-45(33-39)46-34-41(23-27-50(46)54(49)30-19-16-13-10-3)44-32-38(5)51(55-6)36-52(44)56-7/h20-27,31-36H,8-19,28-30H2,1-7H3. The van der Waals surface area contributed by atoms with Crippen molar-refractivity contribution in [3.8, 4) is 44.9 Å². The number of hydrogen-bond acceptors (Lipinski definition) is 2. The predicted octanol–water partition coefficient (Wildman–Crippen LogP) is 15.6. The van der Waals surface area contributed by atoms with Crippen molar-refractivity contribution in [2.75, 3.05) is 14.2 Å². The predicted molar refractivity (Wildman–Crippen MR) is 241 cm³/mol. The number of methoxy groups -OCH3 is 2. The second-order valence-electron chi connectivity index (χ2n) is 16.7. The molecule has 7 rings (SSSR count). The monoisotopic (exact) mass is 748 g/mol. The van der Waals surface area contributed by atoms with Crippen LogP contribution in [-0.2, 0) is 12.0 Å². The van der Waals surface area contributed by atoms with Crippen molar-refractivity contribution >= 4 is 21.8 Å². The molecule has 0 radical (unpaired) electrons. The molecule has 0 atom stereocenters. The minimum Gasteiger partial charge on any atom is -0.496 e. The number of hydrogen-bond donors (Lipinski definition) is 0. The molecule has 1 heterocycles. The number of ether oxygens (including phenoxy) is 2. The average molecular weight is 748 g/mol. The molecule has 294 valence electrons. The van der Waals surface area contributed by atoms with Crippen LogP contribution in [0.15, 0.2) is 84.9 Å². The van der Waals surface area contributed by atoms with Gasteiger partial charge in [0.1, 0.15) is 11.5 Å². The minimum atomic E-state index is 0.0667. The Balaban J connectivity index is 1.37. The van der Waals surface area contributed by atoms with Gasteiger partial charge in [0, 0.05) is 45.4 Å². The van der Waals surface area contributed by atoms with Crippen molar-refractivity contribution in [3.05, 3.63) is 107 Å². The molecule has 5 aromatic carbocycles. The Kier molecular flexibility index (Phi) is 12.6. The van der Waals surface area contributed by atoms with Gasteiger partial charge in [-0.15, -0.1) is 0 Å². The number of aromatic nitrogens is 1. The van der Waals surface area contributed by atoms with Crippen molar-refractivity contribution in [2.45, 2.75) is 136 Å². The van der Waals surface area contributed by atoms with Crippen LogP contribution in [0, 0.1) is 13.8 Å². The van der Waals surface area contributed by atoms with Gasteiger partial charge in [0.15, 0.2) is 0 Å². The van der Waals surface area contributed by atoms with Crippen LogP contribution in [0.2, 0.25) is 0 Å². The molecule has 0 saturated heterocycles. The van der Waals surface area contributed by atoms with E-state index in [-0.39, 0.29) is 5.41 Å². The maximum atomic E-state index is 5.93. The molecule has 3 heteroatoms. The van der Waals surface area contributed by atoms with Gasteiger partial charge < -0.3 is 14.0 Å². The van der Waals surface area contributed by atoms with Gasteiger partial charge in [-0.1, -0.05) is 139 Å². The molecule has 1 aromatic heterocycles. The van der Waals surface area contributed by atoms with Crippen LogP contribution in [0.1, 0.15) is 133 Å². The summed E-state index contributed by atoms with van der Waals surface area (Å²) in [5.74, 6) is 1.68. The van der Waals surface area contributed by atoms with E-state index in [0.29, 0.717) is 0 Å². The van der Waals surface area contributed by atoms with Crippen LogP contribution in [-0.4, -0.2) is 18.8 Å². The summed E-state index contributed by atoms with van der Waals surface area (Å²) in [5, 5.41) is 2.62. The van der Waals surface area contributed by atoms with Crippen LogP contribution in [0.3, 0.4) is 0 Å². The Bertz CT molecular complexity index is 2280. The van der Waals surface area contributed by atoms with Gasteiger partial charge in [0.25, 0.3) is 0 Å². The van der Waals surface area contributed by atoms with E-state index >= 15 is 0 Å². The fourth-order valence-electron chi connectivity index (χ4n) is 9.83. The van der Waals surface area contributed by atoms with Gasteiger partial charge in [-0.25, -0.2) is 0 Å². The summed E-state index contributed by atoms with van der Waals surface area (Å²) < 4.78 is 14.2. The zero-order valence-electron chi connectivity index (χ0n) is 35.5. The molecule has 56 heavy (non-hydrogen) atoms. The Labute approximate surface area is 337 Å². The fourth-order valence-corrected chi connectivity index (χ4v) is 9.83. The summed E-state index contributed by atoms with van der Waals surface area (Å²) in [7, 11) is 3.48. The van der Waals surface area contributed by atoms with Gasteiger partial charge in [0.05, 0.1) is 14.2 Å². The van der Waals surface area contributed by atoms with Crippen molar-refractivity contribution < 1.29 is 9.47 Å². The maximum Gasteiger partial charge on any atom is 0.130 e. The Morgan fingerprint density at radius 2 is 1.02 bits per heavy atom. The molecule has 1 aliphatic carbocycles. The zero-order valence-corrected chi connectivity index (χ0v) is 35.5. The maximum absolute atomic E-state index is 5.93. The second-order valence-corrected chi connectivity index (χ2v) is 16.7. The van der Waals surface area contributed by atoms with E-state index in [2.05, 4.69) is 118 Å². The van der Waals surface area contributed by atoms with Gasteiger partial charge in [-0.3, -0.25) is 0 Å². The molecular formula is C53H65NO2. The van der Waals surface area contributed by atoms with Crippen LogP contribution < -0.4 is 9.47 Å². The van der Waals surface area contributed by atoms with Gasteiger partial charge >= 0.3 is 0 Å². The first-order chi connectivity index (χ1) is 27.4. The summed E-state index contributed by atoms with van der Waals surface area (Å²) >= 11 is 0. The lowest BCUT2D eigenvalue weighted by molar-refractivity contribution is 0.393. The third-order valence-electron chi connectivity index (χ3n) is 12.9. The zero-order chi connectivity index (χ0) is 39.2. The molecule has 0 fully saturated rings. The molecule has 0 aliphatic heterocycles. The second kappa shape index (κ2) is 17.7. The van der Waals surface area contributed by atoms with Crippen LogP contribution in [0.5, 0.6) is 11.5 Å². The van der Waals surface area contributed by atoms with E-state index in [1.165, 1.54) is 140 Å². The lowest BCUT2D eigenvalue weighted by Gasteiger charge is -2.33. The average Bonchev–Trinajstić information content (AvgIpc) is 3.67. The first-order valence-electron chi connectivity index (χ1n) is 21.9. The van der Waals surface area contributed by atoms with E-state index in [4.69, 9.17) is 9.47 Å². The van der Waals surface area contributed by atoms with Crippen molar-refractivity contribution in [3.63, 3.8) is 0 Å². The highest BCUT2D eigenvalue weighted by molar-refractivity contribution is 6.10. The normalized spacial score (nSPS) is 13.1. The number of aryl methyl sites for hydroxylation is 3. The fraction of sp³-hybridized carbons (Fsp3) is 0.434. The van der Waals surface area contributed by atoms with E-state index in [1.54, 1.807) is 25.3 Å². The minimum absolute atomic E-state index is 0.0667. The highest BCUT2D eigenvalue weighted by Crippen LogP contribution is 2.55. The van der Waals surface area contributed by atoms with Gasteiger partial charge in [-0.05, 0) is 114 Å². The first-order valence-corrected chi connectivity index (χ1v) is 21.9. The van der Waals surface area contributed by atoms with Crippen LogP contribution in [0.4, 0.5) is 0 Å². The van der Waals surface area contributed by atoms with Crippen molar-refractivity contribution in [2.24, 2.45) is 0 Å². The van der Waals surface area contributed by atoms with Gasteiger partial charge in [-0.2, -0.15) is 0 Å². The van der Waals surface area contributed by atoms with E-state index in [1.807, 2.05) is 6.07 Å². The van der Waals surface area contributed by atoms with Gasteiger partial charge in [0.2, 0.25) is 0 Å². The molecule has 0 unspecified atom stereocenters. The molecule has 0 amide bonds. The molecule has 6 aromatic rings. The van der Waals surface area contributed by atoms with E-state index < -0.39 is 0 Å².